The first-order valence-electron chi connectivity index (χ1n) is 9.37. The molecule has 0 atom stereocenters. The molecule has 0 unspecified atom stereocenters. The molecule has 0 aliphatic rings. The van der Waals surface area contributed by atoms with E-state index in [4.69, 9.17) is 16.0 Å². The Bertz CT molecular complexity index is 1660. The van der Waals surface area contributed by atoms with Gasteiger partial charge in [-0.2, -0.15) is 0 Å². The first-order valence-corrected chi connectivity index (χ1v) is 9.75. The van der Waals surface area contributed by atoms with E-state index < -0.39 is 22.9 Å². The number of H-pyrrole nitrogens is 2. The van der Waals surface area contributed by atoms with Gasteiger partial charge in [0.1, 0.15) is 17.1 Å². The quantitative estimate of drug-likeness (QED) is 0.380. The van der Waals surface area contributed by atoms with Crippen LogP contribution in [0.1, 0.15) is 16.1 Å². The van der Waals surface area contributed by atoms with Crippen molar-refractivity contribution in [2.75, 3.05) is 0 Å². The van der Waals surface area contributed by atoms with Crippen molar-refractivity contribution in [3.8, 4) is 11.1 Å². The number of aromatic nitrogens is 3. The normalized spacial score (nSPS) is 11.4. The lowest BCUT2D eigenvalue weighted by Gasteiger charge is -2.10. The van der Waals surface area contributed by atoms with Crippen LogP contribution >= 0.6 is 11.6 Å². The van der Waals surface area contributed by atoms with Crippen LogP contribution in [0.15, 0.2) is 63.0 Å². The predicted molar refractivity (Wildman–Crippen MR) is 116 cm³/mol. The lowest BCUT2D eigenvalue weighted by Crippen LogP contribution is -2.15. The SMILES string of the molecule is O=C(O)c1c(-c2ccc[nH]c2=O)c2c3occc3c(F)cc2n1Cc1cc(=O)[nH]cc1Cl. The highest BCUT2D eigenvalue weighted by atomic mass is 35.5. The van der Waals surface area contributed by atoms with Gasteiger partial charge in [-0.25, -0.2) is 9.18 Å². The van der Waals surface area contributed by atoms with E-state index in [0.717, 1.165) is 0 Å². The summed E-state index contributed by atoms with van der Waals surface area (Å²) >= 11 is 6.21. The third-order valence-corrected chi connectivity index (χ3v) is 5.64. The van der Waals surface area contributed by atoms with Crippen molar-refractivity contribution in [2.24, 2.45) is 0 Å². The third-order valence-electron chi connectivity index (χ3n) is 5.29. The number of pyridine rings is 2. The highest BCUT2D eigenvalue weighted by molar-refractivity contribution is 6.31. The van der Waals surface area contributed by atoms with Crippen molar-refractivity contribution in [3.05, 3.63) is 91.8 Å². The van der Waals surface area contributed by atoms with Crippen LogP contribution in [-0.4, -0.2) is 25.6 Å². The van der Waals surface area contributed by atoms with E-state index >= 15 is 0 Å². The van der Waals surface area contributed by atoms with Crippen molar-refractivity contribution in [1.29, 1.82) is 0 Å². The molecule has 0 fully saturated rings. The number of furan rings is 1. The molecule has 5 rings (SSSR count). The van der Waals surface area contributed by atoms with Gasteiger partial charge in [0.2, 0.25) is 5.56 Å². The molecule has 0 aliphatic carbocycles. The van der Waals surface area contributed by atoms with Gasteiger partial charge in [0.15, 0.2) is 0 Å². The smallest absolute Gasteiger partial charge is 0.353 e. The van der Waals surface area contributed by atoms with E-state index in [1.54, 1.807) is 6.07 Å². The number of carboxylic acid groups (broad SMARTS) is 1. The average molecular weight is 454 g/mol. The van der Waals surface area contributed by atoms with Gasteiger partial charge in [-0.1, -0.05) is 11.6 Å². The van der Waals surface area contributed by atoms with E-state index in [9.17, 15) is 23.9 Å². The summed E-state index contributed by atoms with van der Waals surface area (Å²) in [5.74, 6) is -1.97. The van der Waals surface area contributed by atoms with Gasteiger partial charge in [-0.3, -0.25) is 9.59 Å². The summed E-state index contributed by atoms with van der Waals surface area (Å²) in [5.41, 5.74) is -0.456. The van der Waals surface area contributed by atoms with Crippen molar-refractivity contribution in [1.82, 2.24) is 14.5 Å². The van der Waals surface area contributed by atoms with Crippen LogP contribution in [0.4, 0.5) is 4.39 Å². The fraction of sp³-hybridized carbons (Fsp3) is 0.0455. The van der Waals surface area contributed by atoms with Gasteiger partial charge in [-0.15, -0.1) is 0 Å². The van der Waals surface area contributed by atoms with Crippen LogP contribution in [0.3, 0.4) is 0 Å². The van der Waals surface area contributed by atoms with Crippen molar-refractivity contribution >= 4 is 39.4 Å². The summed E-state index contributed by atoms with van der Waals surface area (Å²) in [6, 6.07) is 6.87. The minimum absolute atomic E-state index is 0.0787. The van der Waals surface area contributed by atoms with Gasteiger partial charge in [0.25, 0.3) is 5.56 Å². The zero-order valence-corrected chi connectivity index (χ0v) is 16.9. The van der Waals surface area contributed by atoms with Gasteiger partial charge in [-0.05, 0) is 29.8 Å². The second kappa shape index (κ2) is 7.24. The summed E-state index contributed by atoms with van der Waals surface area (Å²) in [4.78, 5) is 41.8. The lowest BCUT2D eigenvalue weighted by molar-refractivity contribution is 0.0687. The van der Waals surface area contributed by atoms with Crippen LogP contribution in [-0.2, 0) is 6.54 Å². The van der Waals surface area contributed by atoms with Gasteiger partial charge in [0, 0.05) is 24.0 Å². The van der Waals surface area contributed by atoms with Crippen molar-refractivity contribution in [3.63, 3.8) is 0 Å². The lowest BCUT2D eigenvalue weighted by atomic mass is 10.0. The molecule has 0 saturated heterocycles. The Morgan fingerprint density at radius 1 is 1.22 bits per heavy atom. The van der Waals surface area contributed by atoms with E-state index in [-0.39, 0.29) is 50.3 Å². The first-order chi connectivity index (χ1) is 15.4. The molecule has 10 heteroatoms. The number of halogens is 2. The van der Waals surface area contributed by atoms with E-state index in [2.05, 4.69) is 9.97 Å². The molecule has 1 aromatic carbocycles. The summed E-state index contributed by atoms with van der Waals surface area (Å²) in [6.45, 7) is -0.155. The molecular formula is C22H13ClFN3O5. The monoisotopic (exact) mass is 453 g/mol. The topological polar surface area (TPSA) is 121 Å². The van der Waals surface area contributed by atoms with Crippen molar-refractivity contribution < 1.29 is 18.7 Å². The number of aromatic carboxylic acids is 1. The highest BCUT2D eigenvalue weighted by Gasteiger charge is 2.29. The van der Waals surface area contributed by atoms with Crippen LogP contribution in [0, 0.1) is 5.82 Å². The number of hydrogen-bond acceptors (Lipinski definition) is 4. The number of fused-ring (bicyclic) bond motifs is 3. The van der Waals surface area contributed by atoms with E-state index in [0.29, 0.717) is 5.56 Å². The third kappa shape index (κ3) is 2.94. The predicted octanol–water partition coefficient (Wildman–Crippen LogP) is 3.97. The number of benzene rings is 1. The molecule has 0 bridgehead atoms. The Morgan fingerprint density at radius 2 is 2.03 bits per heavy atom. The second-order valence-electron chi connectivity index (χ2n) is 7.11. The van der Waals surface area contributed by atoms with E-state index in [1.165, 1.54) is 47.5 Å². The number of hydrogen-bond donors (Lipinski definition) is 3. The van der Waals surface area contributed by atoms with Gasteiger partial charge >= 0.3 is 5.97 Å². The number of carboxylic acids is 1. The second-order valence-corrected chi connectivity index (χ2v) is 7.52. The molecule has 0 radical (unpaired) electrons. The van der Waals surface area contributed by atoms with Crippen LogP contribution in [0.5, 0.6) is 0 Å². The van der Waals surface area contributed by atoms with E-state index in [1.807, 2.05) is 0 Å². The number of aromatic amines is 2. The largest absolute Gasteiger partial charge is 0.477 e. The maximum atomic E-state index is 14.9. The van der Waals surface area contributed by atoms with Crippen molar-refractivity contribution in [2.45, 2.75) is 6.54 Å². The Balaban J connectivity index is 1.97. The standard InChI is InChI=1S/C22H13ClFN3O5/c23-13-8-26-16(28)6-10(13)9-27-15-7-14(24)11-3-5-32-20(11)18(15)17(19(27)22(30)31)12-2-1-4-25-21(12)29/h1-8H,9H2,(H,25,29)(H,26,28)(H,30,31). The first kappa shape index (κ1) is 19.8. The Hall–Kier alpha value is -4.11. The molecule has 4 aromatic heterocycles. The summed E-state index contributed by atoms with van der Waals surface area (Å²) in [5, 5.41) is 10.7. The van der Waals surface area contributed by atoms with Gasteiger partial charge < -0.3 is 24.1 Å². The maximum Gasteiger partial charge on any atom is 0.353 e. The minimum atomic E-state index is -1.35. The number of rotatable bonds is 4. The molecule has 0 spiro atoms. The summed E-state index contributed by atoms with van der Waals surface area (Å²) < 4.78 is 21.7. The molecule has 32 heavy (non-hydrogen) atoms. The van der Waals surface area contributed by atoms with Crippen LogP contribution < -0.4 is 11.1 Å². The molecule has 3 N–H and O–H groups in total. The number of nitrogens with zero attached hydrogens (tertiary/aromatic N) is 1. The molecule has 0 amide bonds. The summed E-state index contributed by atoms with van der Waals surface area (Å²) in [6.07, 6.45) is 4.00. The molecule has 0 aliphatic heterocycles. The Morgan fingerprint density at radius 3 is 2.78 bits per heavy atom. The highest BCUT2D eigenvalue weighted by Crippen LogP contribution is 2.40. The molecule has 4 heterocycles. The summed E-state index contributed by atoms with van der Waals surface area (Å²) in [7, 11) is 0. The molecule has 5 aromatic rings. The fourth-order valence-electron chi connectivity index (χ4n) is 3.96. The zero-order chi connectivity index (χ0) is 22.6. The van der Waals surface area contributed by atoms with Crippen LogP contribution in [0.2, 0.25) is 5.02 Å². The minimum Gasteiger partial charge on any atom is -0.477 e. The Kier molecular flexibility index (Phi) is 4.49. The molecular weight excluding hydrogens is 441 g/mol. The fourth-order valence-corrected chi connectivity index (χ4v) is 4.13. The van der Waals surface area contributed by atoms with Gasteiger partial charge in [0.05, 0.1) is 39.7 Å². The maximum absolute atomic E-state index is 14.9. The molecule has 160 valence electrons. The Labute approximate surface area is 182 Å². The molecule has 0 saturated carbocycles. The average Bonchev–Trinajstić information content (AvgIpc) is 3.35. The zero-order valence-electron chi connectivity index (χ0n) is 16.1. The molecule has 8 nitrogen and oxygen atoms in total. The van der Waals surface area contributed by atoms with Crippen LogP contribution in [0.25, 0.3) is 33.0 Å². The number of nitrogens with one attached hydrogen (secondary N) is 2. The number of carbonyl (C=O) groups is 1.